The monoisotopic (exact) mass is 251 g/mol. The van der Waals surface area contributed by atoms with Gasteiger partial charge in [0.05, 0.1) is 11.4 Å². The van der Waals surface area contributed by atoms with E-state index in [-0.39, 0.29) is 11.9 Å². The van der Waals surface area contributed by atoms with Gasteiger partial charge < -0.3 is 16.4 Å². The van der Waals surface area contributed by atoms with Gasteiger partial charge in [0, 0.05) is 16.6 Å². The van der Waals surface area contributed by atoms with Gasteiger partial charge in [-0.15, -0.1) is 11.8 Å². The molecule has 0 saturated heterocycles. The molecule has 1 amide bonds. The second kappa shape index (κ2) is 4.98. The Labute approximate surface area is 105 Å². The van der Waals surface area contributed by atoms with Crippen LogP contribution in [0.1, 0.15) is 13.3 Å². The van der Waals surface area contributed by atoms with E-state index in [4.69, 9.17) is 11.5 Å². The van der Waals surface area contributed by atoms with Crippen molar-refractivity contribution in [2.45, 2.75) is 24.3 Å². The number of nitrogen functional groups attached to an aromatic ring is 1. The van der Waals surface area contributed by atoms with Crippen molar-refractivity contribution in [1.29, 1.82) is 0 Å². The number of amides is 1. The van der Waals surface area contributed by atoms with Gasteiger partial charge in [0.15, 0.2) is 0 Å². The Kier molecular flexibility index (Phi) is 3.59. The maximum absolute atomic E-state index is 12.0. The Morgan fingerprint density at radius 3 is 3.00 bits per heavy atom. The summed E-state index contributed by atoms with van der Waals surface area (Å²) in [6.07, 6.45) is 0.796. The standard InChI is InChI=1S/C12H17N3OS/c1-8(4-5-13)15-10-6-9(14)2-3-11(10)17-7-12(15)16/h2-3,6,8H,4-5,7,13-14H2,1H3. The highest BCUT2D eigenvalue weighted by Crippen LogP contribution is 2.37. The van der Waals surface area contributed by atoms with E-state index in [1.54, 1.807) is 11.8 Å². The molecule has 0 saturated carbocycles. The zero-order valence-electron chi connectivity index (χ0n) is 9.85. The van der Waals surface area contributed by atoms with E-state index in [1.807, 2.05) is 30.0 Å². The van der Waals surface area contributed by atoms with Crippen molar-refractivity contribution in [3.63, 3.8) is 0 Å². The predicted octanol–water partition coefficient (Wildman–Crippen LogP) is 1.44. The summed E-state index contributed by atoms with van der Waals surface area (Å²) in [5.41, 5.74) is 13.0. The van der Waals surface area contributed by atoms with Crippen molar-refractivity contribution < 1.29 is 4.79 Å². The lowest BCUT2D eigenvalue weighted by molar-refractivity contribution is -0.116. The quantitative estimate of drug-likeness (QED) is 0.797. The molecule has 2 rings (SSSR count). The van der Waals surface area contributed by atoms with Crippen LogP contribution in [0.25, 0.3) is 0 Å². The minimum Gasteiger partial charge on any atom is -0.399 e. The van der Waals surface area contributed by atoms with Crippen molar-refractivity contribution in [3.05, 3.63) is 18.2 Å². The Morgan fingerprint density at radius 1 is 1.53 bits per heavy atom. The van der Waals surface area contributed by atoms with Crippen molar-refractivity contribution in [3.8, 4) is 0 Å². The van der Waals surface area contributed by atoms with Crippen LogP contribution in [0.3, 0.4) is 0 Å². The average Bonchev–Trinajstić information content (AvgIpc) is 2.28. The summed E-state index contributed by atoms with van der Waals surface area (Å²) >= 11 is 1.57. The van der Waals surface area contributed by atoms with Crippen molar-refractivity contribution in [1.82, 2.24) is 0 Å². The highest BCUT2D eigenvalue weighted by Gasteiger charge is 2.28. The molecule has 4 nitrogen and oxygen atoms in total. The van der Waals surface area contributed by atoms with Crippen LogP contribution in [-0.2, 0) is 4.79 Å². The molecule has 1 aromatic rings. The Balaban J connectivity index is 2.38. The van der Waals surface area contributed by atoms with Crippen LogP contribution < -0.4 is 16.4 Å². The summed E-state index contributed by atoms with van der Waals surface area (Å²) in [5, 5.41) is 0. The number of hydrogen-bond donors (Lipinski definition) is 2. The van der Waals surface area contributed by atoms with Gasteiger partial charge in [-0.2, -0.15) is 0 Å². The first kappa shape index (κ1) is 12.3. The first-order chi connectivity index (χ1) is 8.13. The molecule has 92 valence electrons. The second-order valence-corrected chi connectivity index (χ2v) is 5.22. The number of benzene rings is 1. The van der Waals surface area contributed by atoms with Gasteiger partial charge in [0.1, 0.15) is 0 Å². The molecule has 0 fully saturated rings. The number of nitrogens with zero attached hydrogens (tertiary/aromatic N) is 1. The number of carbonyl (C=O) groups is 1. The normalized spacial score (nSPS) is 16.8. The van der Waals surface area contributed by atoms with Crippen LogP contribution in [0.15, 0.2) is 23.1 Å². The van der Waals surface area contributed by atoms with Crippen molar-refractivity contribution >= 4 is 29.0 Å². The molecule has 17 heavy (non-hydrogen) atoms. The number of nitrogens with two attached hydrogens (primary N) is 2. The van der Waals surface area contributed by atoms with Gasteiger partial charge in [-0.25, -0.2) is 0 Å². The van der Waals surface area contributed by atoms with Gasteiger partial charge in [-0.05, 0) is 38.1 Å². The smallest absolute Gasteiger partial charge is 0.237 e. The molecule has 0 bridgehead atoms. The fraction of sp³-hybridized carbons (Fsp3) is 0.417. The van der Waals surface area contributed by atoms with Crippen LogP contribution in [0.5, 0.6) is 0 Å². The van der Waals surface area contributed by atoms with E-state index < -0.39 is 0 Å². The molecule has 5 heteroatoms. The molecule has 1 aliphatic rings. The van der Waals surface area contributed by atoms with E-state index in [2.05, 4.69) is 0 Å². The van der Waals surface area contributed by atoms with Crippen LogP contribution in [0.2, 0.25) is 0 Å². The molecule has 1 aromatic carbocycles. The number of rotatable bonds is 3. The molecule has 1 aliphatic heterocycles. The first-order valence-corrected chi connectivity index (χ1v) is 6.66. The molecule has 0 radical (unpaired) electrons. The van der Waals surface area contributed by atoms with E-state index in [1.165, 1.54) is 0 Å². The molecule has 0 spiro atoms. The first-order valence-electron chi connectivity index (χ1n) is 5.68. The zero-order valence-corrected chi connectivity index (χ0v) is 10.7. The molecule has 0 aliphatic carbocycles. The average molecular weight is 251 g/mol. The third-order valence-corrected chi connectivity index (χ3v) is 3.94. The van der Waals surface area contributed by atoms with E-state index in [0.717, 1.165) is 17.0 Å². The largest absolute Gasteiger partial charge is 0.399 e. The SMILES string of the molecule is CC(CCN)N1C(=O)CSc2ccc(N)cc21. The van der Waals surface area contributed by atoms with Gasteiger partial charge in [-0.3, -0.25) is 4.79 Å². The number of fused-ring (bicyclic) bond motifs is 1. The maximum atomic E-state index is 12.0. The molecule has 1 unspecified atom stereocenters. The summed E-state index contributed by atoms with van der Waals surface area (Å²) in [7, 11) is 0. The van der Waals surface area contributed by atoms with Crippen LogP contribution in [0.4, 0.5) is 11.4 Å². The minimum atomic E-state index is 0.119. The summed E-state index contributed by atoms with van der Waals surface area (Å²) < 4.78 is 0. The number of hydrogen-bond acceptors (Lipinski definition) is 4. The Hall–Kier alpha value is -1.20. The van der Waals surface area contributed by atoms with Gasteiger partial charge in [0.2, 0.25) is 5.91 Å². The third kappa shape index (κ3) is 2.40. The molecule has 0 aromatic heterocycles. The zero-order chi connectivity index (χ0) is 12.4. The van der Waals surface area contributed by atoms with Crippen molar-refractivity contribution in [2.24, 2.45) is 5.73 Å². The molecular formula is C12H17N3OS. The highest BCUT2D eigenvalue weighted by atomic mass is 32.2. The Bertz CT molecular complexity index is 436. The summed E-state index contributed by atoms with van der Waals surface area (Å²) in [4.78, 5) is 15.0. The topological polar surface area (TPSA) is 72.3 Å². The summed E-state index contributed by atoms with van der Waals surface area (Å²) in [6, 6.07) is 5.83. The van der Waals surface area contributed by atoms with E-state index in [0.29, 0.717) is 18.0 Å². The molecule has 1 atom stereocenters. The third-order valence-electron chi connectivity index (χ3n) is 2.89. The van der Waals surface area contributed by atoms with Crippen LogP contribution in [-0.4, -0.2) is 24.2 Å². The predicted molar refractivity (Wildman–Crippen MR) is 72.2 cm³/mol. The lowest BCUT2D eigenvalue weighted by Crippen LogP contribution is -2.43. The van der Waals surface area contributed by atoms with Crippen LogP contribution in [0, 0.1) is 0 Å². The van der Waals surface area contributed by atoms with E-state index >= 15 is 0 Å². The number of carbonyl (C=O) groups excluding carboxylic acids is 1. The molecule has 1 heterocycles. The van der Waals surface area contributed by atoms with Gasteiger partial charge >= 0.3 is 0 Å². The van der Waals surface area contributed by atoms with Crippen molar-refractivity contribution in [2.75, 3.05) is 22.9 Å². The highest BCUT2D eigenvalue weighted by molar-refractivity contribution is 8.00. The summed E-state index contributed by atoms with van der Waals surface area (Å²) in [6.45, 7) is 2.60. The number of anilines is 2. The van der Waals surface area contributed by atoms with Crippen LogP contribution >= 0.6 is 11.8 Å². The van der Waals surface area contributed by atoms with Gasteiger partial charge in [-0.1, -0.05) is 0 Å². The fourth-order valence-corrected chi connectivity index (χ4v) is 2.93. The number of thioether (sulfide) groups is 1. The maximum Gasteiger partial charge on any atom is 0.237 e. The molecule has 4 N–H and O–H groups in total. The Morgan fingerprint density at radius 2 is 2.29 bits per heavy atom. The summed E-state index contributed by atoms with van der Waals surface area (Å²) in [5.74, 6) is 0.625. The second-order valence-electron chi connectivity index (χ2n) is 4.21. The van der Waals surface area contributed by atoms with Gasteiger partial charge in [0.25, 0.3) is 0 Å². The van der Waals surface area contributed by atoms with E-state index in [9.17, 15) is 4.79 Å². The lowest BCUT2D eigenvalue weighted by Gasteiger charge is -2.34. The lowest BCUT2D eigenvalue weighted by atomic mass is 10.1. The molecular weight excluding hydrogens is 234 g/mol. The minimum absolute atomic E-state index is 0.119. The fourth-order valence-electron chi connectivity index (χ4n) is 2.04.